The highest BCUT2D eigenvalue weighted by atomic mass is 19.1. The number of carbonyl (C=O) groups is 4. The van der Waals surface area contributed by atoms with E-state index in [4.69, 9.17) is 0 Å². The topological polar surface area (TPSA) is 148 Å². The Hall–Kier alpha value is -6.49. The first-order chi connectivity index (χ1) is 35.2. The number of amides is 4. The van der Waals surface area contributed by atoms with Crippen LogP contribution in [0.4, 0.5) is 15.8 Å². The summed E-state index contributed by atoms with van der Waals surface area (Å²) in [6.07, 6.45) is 10.8. The third kappa shape index (κ3) is 9.31. The van der Waals surface area contributed by atoms with Crippen LogP contribution in [0.5, 0.6) is 0 Å². The lowest BCUT2D eigenvalue weighted by Crippen LogP contribution is -2.54. The van der Waals surface area contributed by atoms with Crippen molar-refractivity contribution in [2.75, 3.05) is 69.6 Å². The van der Waals surface area contributed by atoms with Crippen molar-refractivity contribution in [1.29, 1.82) is 0 Å². The van der Waals surface area contributed by atoms with Crippen LogP contribution in [0.15, 0.2) is 77.9 Å². The maximum atomic E-state index is 16.2. The SMILES string of the molecule is CNc1ccn(-c2ccnc3c2cc([C@H](C)N2CC=C(c4c(C)cc(C(=O)N5CCC(CN6CCN(Cc7ccc8c(c7)C(C7CC7)C(=O)N8[C@@H]7CCC(=O)NC7=O)C[C@@H]6C)CC5)cc4F)CC2)n3C)c(=O)c1. The number of fused-ring (bicyclic) bond motifs is 2. The van der Waals surface area contributed by atoms with Gasteiger partial charge in [0.15, 0.2) is 0 Å². The molecule has 0 bridgehead atoms. The van der Waals surface area contributed by atoms with E-state index in [9.17, 15) is 24.0 Å². The van der Waals surface area contributed by atoms with Crippen molar-refractivity contribution in [3.8, 4) is 5.69 Å². The maximum Gasteiger partial charge on any atom is 0.257 e. The van der Waals surface area contributed by atoms with Crippen molar-refractivity contribution >= 4 is 51.6 Å². The molecule has 73 heavy (non-hydrogen) atoms. The second-order valence-electron chi connectivity index (χ2n) is 21.6. The van der Waals surface area contributed by atoms with Gasteiger partial charge in [0.05, 0.1) is 11.6 Å². The number of hydrogen-bond donors (Lipinski definition) is 2. The van der Waals surface area contributed by atoms with Crippen LogP contribution in [0.2, 0.25) is 0 Å². The molecule has 3 aromatic heterocycles. The minimum atomic E-state index is -0.648. The Morgan fingerprint density at radius 2 is 1.73 bits per heavy atom. The predicted octanol–water partition coefficient (Wildman–Crippen LogP) is 6.77. The van der Waals surface area contributed by atoms with Gasteiger partial charge in [0.2, 0.25) is 17.7 Å². The van der Waals surface area contributed by atoms with E-state index in [1.165, 1.54) is 11.6 Å². The van der Waals surface area contributed by atoms with E-state index in [1.807, 2.05) is 43.1 Å². The van der Waals surface area contributed by atoms with Gasteiger partial charge in [-0.15, -0.1) is 0 Å². The van der Waals surface area contributed by atoms with Crippen molar-refractivity contribution in [2.45, 2.75) is 96.3 Å². The number of pyridine rings is 2. The molecule has 0 radical (unpaired) electrons. The minimum absolute atomic E-state index is 0.00543. The Kier molecular flexibility index (Phi) is 13.2. The Bertz CT molecular complexity index is 3090. The van der Waals surface area contributed by atoms with Crippen LogP contribution in [0.25, 0.3) is 22.3 Å². The summed E-state index contributed by atoms with van der Waals surface area (Å²) < 4.78 is 19.9. The summed E-state index contributed by atoms with van der Waals surface area (Å²) >= 11 is 0. The largest absolute Gasteiger partial charge is 0.388 e. The Morgan fingerprint density at radius 3 is 2.42 bits per heavy atom. The molecule has 15 nitrogen and oxygen atoms in total. The molecule has 1 unspecified atom stereocenters. The first kappa shape index (κ1) is 48.8. The van der Waals surface area contributed by atoms with Gasteiger partial charge in [0.25, 0.3) is 11.5 Å². The second kappa shape index (κ2) is 19.7. The standard InChI is InChI=1S/C57H67FN10O5/c1-34-26-41(28-45(58)52(34)40-15-21-64(22-16-40)36(3)49-30-44-46(12-18-60-54(44)62(49)5)67-23-17-42(59-4)29-51(67)70)56(72)65-19-13-37(14-20-65)33-66-25-24-63(31-35(66)2)32-38-6-9-47-43(27-38)53(39-7-8-39)57(73)68(47)48-10-11-50(69)61-55(48)71/h6,9,12,15,17-18,23,26-30,35-37,39,48,53,59H,7-8,10-11,13-14,16,19-22,24-25,31-33H2,1-5H3,(H,61,69,71)/t35-,36-,48+,53?/m0/s1. The van der Waals surface area contributed by atoms with Gasteiger partial charge in [-0.1, -0.05) is 18.2 Å². The van der Waals surface area contributed by atoms with Gasteiger partial charge in [-0.05, 0) is 130 Å². The number of halogens is 1. The lowest BCUT2D eigenvalue weighted by atomic mass is 9.92. The molecule has 5 aromatic rings. The molecule has 0 spiro atoms. The predicted molar refractivity (Wildman–Crippen MR) is 280 cm³/mol. The molecule has 8 heterocycles. The van der Waals surface area contributed by atoms with E-state index in [0.29, 0.717) is 61.5 Å². The summed E-state index contributed by atoms with van der Waals surface area (Å²) in [5, 5.41) is 6.36. The minimum Gasteiger partial charge on any atom is -0.388 e. The van der Waals surface area contributed by atoms with E-state index < -0.39 is 6.04 Å². The van der Waals surface area contributed by atoms with Crippen molar-refractivity contribution < 1.29 is 23.6 Å². The third-order valence-corrected chi connectivity index (χ3v) is 16.9. The number of carbonyl (C=O) groups excluding carboxylic acids is 4. The van der Waals surface area contributed by atoms with Gasteiger partial charge in [-0.2, -0.15) is 0 Å². The van der Waals surface area contributed by atoms with Gasteiger partial charge in [0.1, 0.15) is 17.5 Å². The number of likely N-dealkylation sites (tertiary alicyclic amines) is 1. The highest BCUT2D eigenvalue weighted by molar-refractivity contribution is 6.12. The molecular formula is C57H67FN10O5. The molecule has 1 saturated carbocycles. The summed E-state index contributed by atoms with van der Waals surface area (Å²) in [4.78, 5) is 81.2. The van der Waals surface area contributed by atoms with Gasteiger partial charge in [-0.3, -0.25) is 53.5 Å². The number of hydrogen-bond acceptors (Lipinski definition) is 10. The van der Waals surface area contributed by atoms with Gasteiger partial charge >= 0.3 is 0 Å². The molecule has 4 atom stereocenters. The number of aryl methyl sites for hydroxylation is 2. The number of piperidine rings is 2. The number of nitrogens with zero attached hydrogens (tertiary/aromatic N) is 8. The zero-order chi connectivity index (χ0) is 50.8. The van der Waals surface area contributed by atoms with Crippen molar-refractivity contribution in [1.82, 2.24) is 39.0 Å². The molecule has 4 fully saturated rings. The zero-order valence-electron chi connectivity index (χ0n) is 42.7. The van der Waals surface area contributed by atoms with Crippen LogP contribution < -0.4 is 21.1 Å². The zero-order valence-corrected chi connectivity index (χ0v) is 42.7. The summed E-state index contributed by atoms with van der Waals surface area (Å²) in [5.74, 6) is -0.570. The van der Waals surface area contributed by atoms with E-state index in [2.05, 4.69) is 73.0 Å². The molecule has 16 heteroatoms. The number of anilines is 2. The van der Waals surface area contributed by atoms with E-state index in [0.717, 1.165) is 115 Å². The second-order valence-corrected chi connectivity index (χ2v) is 21.6. The molecule has 1 aliphatic carbocycles. The summed E-state index contributed by atoms with van der Waals surface area (Å²) in [6, 6.07) is 16.8. The number of imide groups is 1. The normalized spacial score (nSPS) is 23.0. The quantitative estimate of drug-likeness (QED) is 0.129. The molecular weight excluding hydrogens is 924 g/mol. The lowest BCUT2D eigenvalue weighted by Gasteiger charge is -2.42. The van der Waals surface area contributed by atoms with Crippen LogP contribution in [-0.4, -0.2) is 129 Å². The van der Waals surface area contributed by atoms with Crippen LogP contribution in [0.3, 0.4) is 0 Å². The first-order valence-corrected chi connectivity index (χ1v) is 26.4. The monoisotopic (exact) mass is 991 g/mol. The number of benzene rings is 2. The number of rotatable bonds is 12. The summed E-state index contributed by atoms with van der Waals surface area (Å²) in [7, 11) is 3.80. The van der Waals surface area contributed by atoms with E-state index in [1.54, 1.807) is 35.0 Å². The molecule has 382 valence electrons. The number of aromatic nitrogens is 3. The highest BCUT2D eigenvalue weighted by Gasteiger charge is 2.50. The van der Waals surface area contributed by atoms with Crippen LogP contribution >= 0.6 is 0 Å². The van der Waals surface area contributed by atoms with Gasteiger partial charge in [-0.25, -0.2) is 9.37 Å². The molecule has 5 aliphatic heterocycles. The summed E-state index contributed by atoms with van der Waals surface area (Å²) in [5.41, 5.74) is 9.03. The van der Waals surface area contributed by atoms with E-state index >= 15 is 4.39 Å². The molecule has 2 N–H and O–H groups in total. The maximum absolute atomic E-state index is 16.2. The molecule has 11 rings (SSSR count). The molecule has 4 amide bonds. The average molecular weight is 991 g/mol. The van der Waals surface area contributed by atoms with Crippen LogP contribution in [0, 0.1) is 24.6 Å². The number of piperazine rings is 1. The first-order valence-electron chi connectivity index (χ1n) is 26.4. The number of nitrogens with one attached hydrogen (secondary N) is 2. The fourth-order valence-corrected chi connectivity index (χ4v) is 12.7. The van der Waals surface area contributed by atoms with Crippen molar-refractivity contribution in [3.63, 3.8) is 0 Å². The lowest BCUT2D eigenvalue weighted by molar-refractivity contribution is -0.135. The smallest absolute Gasteiger partial charge is 0.257 e. The summed E-state index contributed by atoms with van der Waals surface area (Å²) in [6.45, 7) is 13.7. The fourth-order valence-electron chi connectivity index (χ4n) is 12.7. The third-order valence-electron chi connectivity index (χ3n) is 16.9. The van der Waals surface area contributed by atoms with Gasteiger partial charge < -0.3 is 14.8 Å². The van der Waals surface area contributed by atoms with Gasteiger partial charge in [0, 0.05) is 144 Å². The van der Waals surface area contributed by atoms with E-state index in [-0.39, 0.29) is 53.4 Å². The Labute approximate surface area is 426 Å². The van der Waals surface area contributed by atoms with Crippen LogP contribution in [-0.2, 0) is 28.0 Å². The van der Waals surface area contributed by atoms with Crippen molar-refractivity contribution in [2.24, 2.45) is 18.9 Å². The fraction of sp³-hybridized carbons (Fsp3) is 0.474. The average Bonchev–Trinajstić information content (AvgIpc) is 4.10. The molecule has 3 saturated heterocycles. The molecule has 6 aliphatic rings. The van der Waals surface area contributed by atoms with Crippen molar-refractivity contribution in [3.05, 3.63) is 123 Å². The highest BCUT2D eigenvalue weighted by Crippen LogP contribution is 2.51. The van der Waals surface area contributed by atoms with Crippen LogP contribution in [0.1, 0.15) is 109 Å². The Morgan fingerprint density at radius 1 is 0.918 bits per heavy atom. The Balaban J connectivity index is 0.672. The molecule has 2 aromatic carbocycles.